The fraction of sp³-hybridized carbons (Fsp3) is 0.917. The van der Waals surface area contributed by atoms with Crippen molar-refractivity contribution in [2.24, 2.45) is 0 Å². The lowest BCUT2D eigenvalue weighted by Gasteiger charge is -2.21. The van der Waals surface area contributed by atoms with Crippen molar-refractivity contribution in [1.29, 1.82) is 0 Å². The molecule has 0 aromatic rings. The molecular formula is C12H20O4S. The van der Waals surface area contributed by atoms with E-state index in [0.717, 1.165) is 25.0 Å². The Bertz CT molecular complexity index is 292. The quantitative estimate of drug-likeness (QED) is 0.768. The molecule has 0 amide bonds. The number of thioether (sulfide) groups is 1. The topological polar surface area (TPSA) is 55.8 Å². The summed E-state index contributed by atoms with van der Waals surface area (Å²) in [6.07, 6.45) is 3.43. The normalized spacial score (nSPS) is 34.8. The summed E-state index contributed by atoms with van der Waals surface area (Å²) in [7, 11) is 0. The second-order valence-corrected chi connectivity index (χ2v) is 6.42. The lowest BCUT2D eigenvalue weighted by Crippen LogP contribution is -2.27. The first kappa shape index (κ1) is 13.2. The predicted octanol–water partition coefficient (Wildman–Crippen LogP) is 2.27. The van der Waals surface area contributed by atoms with E-state index in [9.17, 15) is 4.79 Å². The highest BCUT2D eigenvalue weighted by molar-refractivity contribution is 8.00. The highest BCUT2D eigenvalue weighted by atomic mass is 32.2. The number of ether oxygens (including phenoxy) is 2. The lowest BCUT2D eigenvalue weighted by atomic mass is 10.1. The Morgan fingerprint density at radius 2 is 2.18 bits per heavy atom. The molecule has 0 spiro atoms. The van der Waals surface area contributed by atoms with E-state index in [1.165, 1.54) is 0 Å². The van der Waals surface area contributed by atoms with Gasteiger partial charge in [-0.05, 0) is 26.7 Å². The molecule has 0 radical (unpaired) electrons. The molecule has 4 nitrogen and oxygen atoms in total. The molecular weight excluding hydrogens is 240 g/mol. The predicted molar refractivity (Wildman–Crippen MR) is 66.2 cm³/mol. The number of rotatable bonds is 5. The van der Waals surface area contributed by atoms with E-state index in [0.29, 0.717) is 5.25 Å². The standard InChI is InChI=1S/C12H20O4S/c1-12(2)15-8-7-17-9(11(8)16-12)5-3-4-6-10(13)14/h8-9,11H,3-7H2,1-2H3,(H,13,14)/t8-,9-,11-/m0/s1. The molecule has 0 aliphatic carbocycles. The van der Waals surface area contributed by atoms with Gasteiger partial charge in [-0.1, -0.05) is 6.42 Å². The van der Waals surface area contributed by atoms with Crippen molar-refractivity contribution in [3.8, 4) is 0 Å². The number of unbranched alkanes of at least 4 members (excludes halogenated alkanes) is 1. The Hall–Kier alpha value is -0.260. The molecule has 2 saturated heterocycles. The van der Waals surface area contributed by atoms with Crippen molar-refractivity contribution in [3.63, 3.8) is 0 Å². The van der Waals surface area contributed by atoms with Gasteiger partial charge in [0.2, 0.25) is 0 Å². The van der Waals surface area contributed by atoms with Gasteiger partial charge in [-0.3, -0.25) is 4.79 Å². The molecule has 2 aliphatic rings. The number of hydrogen-bond acceptors (Lipinski definition) is 4. The van der Waals surface area contributed by atoms with E-state index in [2.05, 4.69) is 0 Å². The molecule has 17 heavy (non-hydrogen) atoms. The summed E-state index contributed by atoms with van der Waals surface area (Å²) in [6, 6.07) is 0. The first-order valence-corrected chi connectivity index (χ1v) is 7.22. The molecule has 0 unspecified atom stereocenters. The molecule has 0 saturated carbocycles. The zero-order valence-electron chi connectivity index (χ0n) is 10.3. The van der Waals surface area contributed by atoms with Crippen LogP contribution in [0.1, 0.15) is 39.5 Å². The van der Waals surface area contributed by atoms with Crippen molar-refractivity contribution >= 4 is 17.7 Å². The zero-order chi connectivity index (χ0) is 12.5. The molecule has 0 bridgehead atoms. The van der Waals surface area contributed by atoms with Gasteiger partial charge < -0.3 is 14.6 Å². The maximum atomic E-state index is 10.4. The van der Waals surface area contributed by atoms with Crippen LogP contribution in [0.15, 0.2) is 0 Å². The highest BCUT2D eigenvalue weighted by Crippen LogP contribution is 2.42. The van der Waals surface area contributed by atoms with Gasteiger partial charge in [0.05, 0.1) is 12.2 Å². The van der Waals surface area contributed by atoms with E-state index in [-0.39, 0.29) is 18.6 Å². The molecule has 0 aromatic carbocycles. The third-order valence-corrected chi connectivity index (χ3v) is 4.64. The Balaban J connectivity index is 1.74. The molecule has 2 heterocycles. The summed E-state index contributed by atoms with van der Waals surface area (Å²) in [4.78, 5) is 10.4. The zero-order valence-corrected chi connectivity index (χ0v) is 11.2. The Morgan fingerprint density at radius 1 is 1.41 bits per heavy atom. The molecule has 2 fully saturated rings. The Labute approximate surface area is 106 Å². The molecule has 5 heteroatoms. The van der Waals surface area contributed by atoms with E-state index in [1.807, 2.05) is 25.6 Å². The van der Waals surface area contributed by atoms with Crippen LogP contribution < -0.4 is 0 Å². The van der Waals surface area contributed by atoms with Crippen molar-refractivity contribution in [3.05, 3.63) is 0 Å². The Kier molecular flexibility index (Phi) is 4.00. The largest absolute Gasteiger partial charge is 0.481 e. The van der Waals surface area contributed by atoms with Crippen LogP contribution in [0.4, 0.5) is 0 Å². The number of carboxylic acid groups (broad SMARTS) is 1. The van der Waals surface area contributed by atoms with Gasteiger partial charge in [-0.15, -0.1) is 0 Å². The van der Waals surface area contributed by atoms with E-state index in [4.69, 9.17) is 14.6 Å². The first-order chi connectivity index (χ1) is 7.98. The van der Waals surface area contributed by atoms with Gasteiger partial charge in [0.25, 0.3) is 0 Å². The van der Waals surface area contributed by atoms with Crippen molar-refractivity contribution in [2.75, 3.05) is 5.75 Å². The van der Waals surface area contributed by atoms with Gasteiger partial charge in [-0.25, -0.2) is 0 Å². The fourth-order valence-corrected chi connectivity index (χ4v) is 3.94. The van der Waals surface area contributed by atoms with Crippen LogP contribution in [0.5, 0.6) is 0 Å². The van der Waals surface area contributed by atoms with E-state index in [1.54, 1.807) is 0 Å². The van der Waals surface area contributed by atoms with Crippen LogP contribution in [0.25, 0.3) is 0 Å². The second kappa shape index (κ2) is 5.16. The minimum Gasteiger partial charge on any atom is -0.481 e. The van der Waals surface area contributed by atoms with Gasteiger partial charge in [0, 0.05) is 17.4 Å². The minimum atomic E-state index is -0.705. The molecule has 98 valence electrons. The number of carboxylic acids is 1. The summed E-state index contributed by atoms with van der Waals surface area (Å²) in [5, 5.41) is 9.04. The van der Waals surface area contributed by atoms with Crippen LogP contribution in [0, 0.1) is 0 Å². The molecule has 3 atom stereocenters. The van der Waals surface area contributed by atoms with Crippen molar-refractivity contribution in [2.45, 2.75) is 62.8 Å². The molecule has 2 rings (SSSR count). The van der Waals surface area contributed by atoms with Gasteiger partial charge in [0.15, 0.2) is 5.79 Å². The smallest absolute Gasteiger partial charge is 0.303 e. The number of fused-ring (bicyclic) bond motifs is 1. The third kappa shape index (κ3) is 3.36. The van der Waals surface area contributed by atoms with Crippen molar-refractivity contribution in [1.82, 2.24) is 0 Å². The summed E-state index contributed by atoms with van der Waals surface area (Å²) in [6.45, 7) is 3.91. The Morgan fingerprint density at radius 3 is 2.88 bits per heavy atom. The molecule has 2 aliphatic heterocycles. The summed E-state index contributed by atoms with van der Waals surface area (Å²) < 4.78 is 11.7. The summed E-state index contributed by atoms with van der Waals surface area (Å²) in [5.41, 5.74) is 0. The minimum absolute atomic E-state index is 0.194. The fourth-order valence-electron chi connectivity index (χ4n) is 2.49. The van der Waals surface area contributed by atoms with E-state index < -0.39 is 11.8 Å². The van der Waals surface area contributed by atoms with Gasteiger partial charge in [-0.2, -0.15) is 11.8 Å². The van der Waals surface area contributed by atoms with Gasteiger partial charge >= 0.3 is 5.97 Å². The molecule has 0 aromatic heterocycles. The number of aliphatic carboxylic acids is 1. The number of carbonyl (C=O) groups is 1. The lowest BCUT2D eigenvalue weighted by molar-refractivity contribution is -0.145. The van der Waals surface area contributed by atoms with Crippen LogP contribution in [-0.4, -0.2) is 40.1 Å². The van der Waals surface area contributed by atoms with Crippen LogP contribution in [0.2, 0.25) is 0 Å². The second-order valence-electron chi connectivity index (χ2n) is 5.15. The maximum absolute atomic E-state index is 10.4. The van der Waals surface area contributed by atoms with Crippen molar-refractivity contribution < 1.29 is 19.4 Å². The SMILES string of the molecule is CC1(C)O[C@H]2[C@H](CS[C@H]2CCCCC(=O)O)O1. The monoisotopic (exact) mass is 260 g/mol. The first-order valence-electron chi connectivity index (χ1n) is 6.17. The van der Waals surface area contributed by atoms with Crippen LogP contribution in [-0.2, 0) is 14.3 Å². The third-order valence-electron chi connectivity index (χ3n) is 3.19. The molecule has 1 N–H and O–H groups in total. The highest BCUT2D eigenvalue weighted by Gasteiger charge is 2.48. The average molecular weight is 260 g/mol. The van der Waals surface area contributed by atoms with Crippen LogP contribution in [0.3, 0.4) is 0 Å². The number of hydrogen-bond donors (Lipinski definition) is 1. The summed E-state index contributed by atoms with van der Waals surface area (Å²) >= 11 is 1.90. The maximum Gasteiger partial charge on any atom is 0.303 e. The van der Waals surface area contributed by atoms with Crippen LogP contribution >= 0.6 is 11.8 Å². The summed E-state index contributed by atoms with van der Waals surface area (Å²) in [5.74, 6) is -0.156. The van der Waals surface area contributed by atoms with Gasteiger partial charge in [0.1, 0.15) is 0 Å². The van der Waals surface area contributed by atoms with E-state index >= 15 is 0 Å². The average Bonchev–Trinajstić information content (AvgIpc) is 2.68.